The van der Waals surface area contributed by atoms with Crippen molar-refractivity contribution in [2.24, 2.45) is 4.99 Å². The van der Waals surface area contributed by atoms with E-state index in [1.807, 2.05) is 6.92 Å². The van der Waals surface area contributed by atoms with Crippen molar-refractivity contribution in [3.05, 3.63) is 95.6 Å². The number of nitrogen functional groups attached to an aromatic ring is 1. The van der Waals surface area contributed by atoms with Gasteiger partial charge in [0.25, 0.3) is 0 Å². The van der Waals surface area contributed by atoms with Gasteiger partial charge in [-0.3, -0.25) is 9.98 Å². The van der Waals surface area contributed by atoms with E-state index in [-0.39, 0.29) is 40.7 Å². The maximum absolute atomic E-state index is 14.5. The zero-order valence-corrected chi connectivity index (χ0v) is 18.6. The van der Waals surface area contributed by atoms with Crippen LogP contribution in [0.2, 0.25) is 0 Å². The topological polar surface area (TPSA) is 75.3 Å². The standard InChI is InChI=1S/C25H25F4N5/c1-3-13-31-22-18(9-6-11-20(22)26)16(2)34-24(23-21(30)12-7-14-32-23)33-15-17-8-4-5-10-19(17)25(27,28)29/h4-12,14,31H,2-3,13,15,30H2,1H3,(H,33,34). The molecule has 3 aromatic rings. The van der Waals surface area contributed by atoms with Crippen LogP contribution in [0.25, 0.3) is 5.70 Å². The molecule has 0 spiro atoms. The number of aliphatic imine (C=N–C) groups is 1. The molecule has 4 N–H and O–H groups in total. The molecule has 9 heteroatoms. The highest BCUT2D eigenvalue weighted by molar-refractivity contribution is 6.05. The zero-order valence-electron chi connectivity index (χ0n) is 18.6. The van der Waals surface area contributed by atoms with Crippen molar-refractivity contribution >= 4 is 22.9 Å². The Bertz CT molecular complexity index is 1190. The number of halogens is 4. The summed E-state index contributed by atoms with van der Waals surface area (Å²) in [5.41, 5.74) is 6.78. The third-order valence-corrected chi connectivity index (χ3v) is 4.95. The van der Waals surface area contributed by atoms with Crippen molar-refractivity contribution in [1.82, 2.24) is 10.3 Å². The third-order valence-electron chi connectivity index (χ3n) is 4.95. The lowest BCUT2D eigenvalue weighted by molar-refractivity contribution is -0.138. The molecule has 1 heterocycles. The number of alkyl halides is 3. The fourth-order valence-corrected chi connectivity index (χ4v) is 3.30. The minimum absolute atomic E-state index is 0.00882. The molecule has 0 radical (unpaired) electrons. The molecule has 2 aromatic carbocycles. The highest BCUT2D eigenvalue weighted by Gasteiger charge is 2.32. The number of nitrogens with two attached hydrogens (primary N) is 1. The van der Waals surface area contributed by atoms with Gasteiger partial charge in [0.15, 0.2) is 5.84 Å². The van der Waals surface area contributed by atoms with Crippen LogP contribution < -0.4 is 16.4 Å². The number of rotatable bonds is 8. The summed E-state index contributed by atoms with van der Waals surface area (Å²) in [5, 5.41) is 6.03. The molecule has 0 aliphatic heterocycles. The summed E-state index contributed by atoms with van der Waals surface area (Å²) in [6.45, 7) is 6.21. The molecule has 0 saturated heterocycles. The summed E-state index contributed by atoms with van der Waals surface area (Å²) in [4.78, 5) is 8.59. The van der Waals surface area contributed by atoms with Gasteiger partial charge in [-0.15, -0.1) is 0 Å². The lowest BCUT2D eigenvalue weighted by Crippen LogP contribution is -2.26. The van der Waals surface area contributed by atoms with E-state index >= 15 is 0 Å². The first-order valence-electron chi connectivity index (χ1n) is 10.6. The van der Waals surface area contributed by atoms with E-state index in [0.717, 1.165) is 12.5 Å². The lowest BCUT2D eigenvalue weighted by atomic mass is 10.1. The van der Waals surface area contributed by atoms with E-state index in [1.165, 1.54) is 30.5 Å². The largest absolute Gasteiger partial charge is 0.416 e. The quantitative estimate of drug-likeness (QED) is 0.219. The van der Waals surface area contributed by atoms with Crippen molar-refractivity contribution in [2.75, 3.05) is 17.6 Å². The fourth-order valence-electron chi connectivity index (χ4n) is 3.30. The number of amidine groups is 1. The predicted molar refractivity (Wildman–Crippen MR) is 128 cm³/mol. The van der Waals surface area contributed by atoms with Crippen molar-refractivity contribution in [1.29, 1.82) is 0 Å². The number of hydrogen-bond acceptors (Lipinski definition) is 4. The molecule has 5 nitrogen and oxygen atoms in total. The number of aromatic nitrogens is 1. The van der Waals surface area contributed by atoms with Gasteiger partial charge in [-0.05, 0) is 36.2 Å². The maximum atomic E-state index is 14.5. The highest BCUT2D eigenvalue weighted by atomic mass is 19.4. The molecular weight excluding hydrogens is 446 g/mol. The second-order valence-electron chi connectivity index (χ2n) is 7.45. The maximum Gasteiger partial charge on any atom is 0.416 e. The summed E-state index contributed by atoms with van der Waals surface area (Å²) in [5.74, 6) is -0.338. The number of pyridine rings is 1. The van der Waals surface area contributed by atoms with Crippen LogP contribution in [0.15, 0.2) is 72.4 Å². The number of benzene rings is 2. The minimum atomic E-state index is -4.52. The van der Waals surface area contributed by atoms with Crippen LogP contribution in [-0.2, 0) is 12.7 Å². The second-order valence-corrected chi connectivity index (χ2v) is 7.45. The first-order chi connectivity index (χ1) is 16.2. The van der Waals surface area contributed by atoms with Gasteiger partial charge >= 0.3 is 6.18 Å². The van der Waals surface area contributed by atoms with E-state index in [2.05, 4.69) is 27.2 Å². The van der Waals surface area contributed by atoms with E-state index in [1.54, 1.807) is 24.3 Å². The van der Waals surface area contributed by atoms with Crippen molar-refractivity contribution in [3.8, 4) is 0 Å². The van der Waals surface area contributed by atoms with Gasteiger partial charge in [0, 0.05) is 24.0 Å². The molecule has 0 bridgehead atoms. The molecule has 0 aliphatic rings. The van der Waals surface area contributed by atoms with Crippen LogP contribution in [0, 0.1) is 5.82 Å². The summed E-state index contributed by atoms with van der Waals surface area (Å²) >= 11 is 0. The number of hydrogen-bond donors (Lipinski definition) is 3. The molecule has 3 rings (SSSR count). The Morgan fingerprint density at radius 3 is 2.56 bits per heavy atom. The molecule has 34 heavy (non-hydrogen) atoms. The smallest absolute Gasteiger partial charge is 0.397 e. The van der Waals surface area contributed by atoms with Gasteiger partial charge in [-0.25, -0.2) is 4.39 Å². The van der Waals surface area contributed by atoms with E-state index in [4.69, 9.17) is 5.73 Å². The first-order valence-corrected chi connectivity index (χ1v) is 10.6. The van der Waals surface area contributed by atoms with Crippen molar-refractivity contribution in [2.45, 2.75) is 26.1 Å². The average molecular weight is 472 g/mol. The van der Waals surface area contributed by atoms with Crippen molar-refractivity contribution in [3.63, 3.8) is 0 Å². The Labute approximate surface area is 195 Å². The Hall–Kier alpha value is -3.88. The summed E-state index contributed by atoms with van der Waals surface area (Å²) in [6, 6.07) is 13.0. The Morgan fingerprint density at radius 2 is 1.85 bits per heavy atom. The fraction of sp³-hybridized carbons (Fsp3) is 0.200. The number of nitrogens with one attached hydrogen (secondary N) is 2. The van der Waals surface area contributed by atoms with Crippen molar-refractivity contribution < 1.29 is 17.6 Å². The number of para-hydroxylation sites is 1. The van der Waals surface area contributed by atoms with Gasteiger partial charge in [0.2, 0.25) is 0 Å². The summed E-state index contributed by atoms with van der Waals surface area (Å²) in [7, 11) is 0. The Morgan fingerprint density at radius 1 is 1.09 bits per heavy atom. The van der Waals surface area contributed by atoms with Crippen LogP contribution in [0.1, 0.15) is 35.7 Å². The van der Waals surface area contributed by atoms with Crippen LogP contribution in [0.4, 0.5) is 28.9 Å². The van der Waals surface area contributed by atoms with Gasteiger partial charge < -0.3 is 16.4 Å². The SMILES string of the molecule is C=C(NC(=NCc1ccccc1C(F)(F)F)c1ncccc1N)c1cccc(F)c1NCCC. The predicted octanol–water partition coefficient (Wildman–Crippen LogP) is 5.85. The monoisotopic (exact) mass is 471 g/mol. The van der Waals surface area contributed by atoms with E-state index < -0.39 is 17.6 Å². The molecule has 0 aliphatic carbocycles. The normalized spacial score (nSPS) is 11.9. The van der Waals surface area contributed by atoms with Gasteiger partial charge in [0.1, 0.15) is 11.5 Å². The lowest BCUT2D eigenvalue weighted by Gasteiger charge is -2.18. The zero-order chi connectivity index (χ0) is 24.7. The molecule has 0 fully saturated rings. The second kappa shape index (κ2) is 10.8. The van der Waals surface area contributed by atoms with Gasteiger partial charge in [-0.2, -0.15) is 13.2 Å². The van der Waals surface area contributed by atoms with Crippen LogP contribution in [0.3, 0.4) is 0 Å². The molecule has 0 saturated carbocycles. The summed E-state index contributed by atoms with van der Waals surface area (Å²) < 4.78 is 54.8. The van der Waals surface area contributed by atoms with E-state index in [9.17, 15) is 17.6 Å². The average Bonchev–Trinajstić information content (AvgIpc) is 2.80. The number of nitrogens with zero attached hydrogens (tertiary/aromatic N) is 2. The van der Waals surface area contributed by atoms with Crippen LogP contribution in [-0.4, -0.2) is 17.4 Å². The molecule has 1 aromatic heterocycles. The van der Waals surface area contributed by atoms with Gasteiger partial charge in [-0.1, -0.05) is 43.8 Å². The van der Waals surface area contributed by atoms with Crippen LogP contribution in [0.5, 0.6) is 0 Å². The molecule has 178 valence electrons. The van der Waals surface area contributed by atoms with E-state index in [0.29, 0.717) is 12.1 Å². The van der Waals surface area contributed by atoms with Gasteiger partial charge in [0.05, 0.1) is 23.5 Å². The molecular formula is C25H25F4N5. The Kier molecular flexibility index (Phi) is 7.88. The molecule has 0 amide bonds. The van der Waals surface area contributed by atoms with Crippen LogP contribution >= 0.6 is 0 Å². The minimum Gasteiger partial charge on any atom is -0.397 e. The summed E-state index contributed by atoms with van der Waals surface area (Å²) in [6.07, 6.45) is -2.25. The molecule has 0 atom stereocenters. The highest BCUT2D eigenvalue weighted by Crippen LogP contribution is 2.32. The number of anilines is 2. The molecule has 0 unspecified atom stereocenters. The third kappa shape index (κ3) is 5.92. The first kappa shape index (κ1) is 24.8. The Balaban J connectivity index is 1.99.